The van der Waals surface area contributed by atoms with Gasteiger partial charge in [0, 0.05) is 6.07 Å². The van der Waals surface area contributed by atoms with E-state index in [1.165, 1.54) is 18.4 Å². The Morgan fingerprint density at radius 1 is 0.788 bits per heavy atom. The largest absolute Gasteiger partial charge is 0.482 e. The normalized spacial score (nSPS) is 10.8. The summed E-state index contributed by atoms with van der Waals surface area (Å²) in [5.41, 5.74) is 4.12. The molecule has 0 amide bonds. The average molecular weight is 444 g/mol. The van der Waals surface area contributed by atoms with Gasteiger partial charge in [0.15, 0.2) is 6.61 Å². The lowest BCUT2D eigenvalue weighted by molar-refractivity contribution is -0.136. The molecule has 0 spiro atoms. The second-order valence-electron chi connectivity index (χ2n) is 8.10. The van der Waals surface area contributed by atoms with Crippen LogP contribution in [0.2, 0.25) is 0 Å². The number of carbonyl (C=O) groups is 1. The van der Waals surface area contributed by atoms with Crippen LogP contribution in [0.15, 0.2) is 70.1 Å². The minimum atomic E-state index is -0.564. The van der Waals surface area contributed by atoms with Crippen molar-refractivity contribution in [1.82, 2.24) is 0 Å². The maximum atomic E-state index is 12.8. The Kier molecular flexibility index (Phi) is 6.18. The lowest BCUT2D eigenvalue weighted by atomic mass is 10.1. The fourth-order valence-corrected chi connectivity index (χ4v) is 3.66. The van der Waals surface area contributed by atoms with Gasteiger partial charge in [-0.1, -0.05) is 12.1 Å². The van der Waals surface area contributed by atoms with Crippen molar-refractivity contribution in [2.45, 2.75) is 27.7 Å². The minimum absolute atomic E-state index is 0.0825. The Labute approximate surface area is 191 Å². The lowest BCUT2D eigenvalue weighted by Crippen LogP contribution is -2.17. The second-order valence-corrected chi connectivity index (χ2v) is 8.10. The van der Waals surface area contributed by atoms with E-state index < -0.39 is 5.97 Å². The molecule has 33 heavy (non-hydrogen) atoms. The topological polar surface area (TPSA) is 75.0 Å². The van der Waals surface area contributed by atoms with Crippen LogP contribution in [0.5, 0.6) is 23.0 Å². The fourth-order valence-electron chi connectivity index (χ4n) is 3.66. The Morgan fingerprint density at radius 3 is 2.03 bits per heavy atom. The molecule has 0 saturated heterocycles. The van der Waals surface area contributed by atoms with E-state index in [9.17, 15) is 9.59 Å². The van der Waals surface area contributed by atoms with Gasteiger partial charge >= 0.3 is 5.97 Å². The first-order valence-electron chi connectivity index (χ1n) is 10.5. The molecule has 0 aliphatic carbocycles. The highest BCUT2D eigenvalue weighted by Gasteiger charge is 2.13. The number of benzene rings is 3. The molecule has 0 bridgehead atoms. The summed E-state index contributed by atoms with van der Waals surface area (Å²) in [4.78, 5) is 25.0. The molecule has 0 atom stereocenters. The number of carbonyl (C=O) groups excluding carboxylic acids is 1. The standard InChI is InChI=1S/C27H24O6/c1-16-7-17(2)10-21(9-16)30-15-26(28)33-20-5-6-23-24(13-20)31-14-25(27(23)29)32-22-11-18(3)8-19(4)12-22/h5-14H,15H2,1-4H3. The van der Waals surface area contributed by atoms with Crippen LogP contribution in [-0.4, -0.2) is 12.6 Å². The molecule has 6 nitrogen and oxygen atoms in total. The predicted molar refractivity (Wildman–Crippen MR) is 126 cm³/mol. The summed E-state index contributed by atoms with van der Waals surface area (Å²) < 4.78 is 22.2. The van der Waals surface area contributed by atoms with Gasteiger partial charge in [-0.25, -0.2) is 4.79 Å². The number of hydrogen-bond donors (Lipinski definition) is 0. The minimum Gasteiger partial charge on any atom is -0.482 e. The van der Waals surface area contributed by atoms with Gasteiger partial charge in [0.25, 0.3) is 0 Å². The van der Waals surface area contributed by atoms with Crippen LogP contribution in [0, 0.1) is 27.7 Å². The highest BCUT2D eigenvalue weighted by molar-refractivity contribution is 5.81. The van der Waals surface area contributed by atoms with Gasteiger partial charge in [0.1, 0.15) is 29.1 Å². The van der Waals surface area contributed by atoms with Crippen molar-refractivity contribution in [3.63, 3.8) is 0 Å². The molecule has 3 aromatic carbocycles. The number of esters is 1. The molecule has 0 saturated carbocycles. The number of fused-ring (bicyclic) bond motifs is 1. The SMILES string of the molecule is Cc1cc(C)cc(OCC(=O)Oc2ccc3c(=O)c(Oc4cc(C)cc(C)c4)coc3c2)c1. The van der Waals surface area contributed by atoms with Gasteiger partial charge in [-0.05, 0) is 86.3 Å². The van der Waals surface area contributed by atoms with Crippen molar-refractivity contribution in [2.75, 3.05) is 6.61 Å². The van der Waals surface area contributed by atoms with Gasteiger partial charge in [0.05, 0.1) is 5.39 Å². The Bertz CT molecular complexity index is 1360. The third-order valence-corrected chi connectivity index (χ3v) is 4.92. The van der Waals surface area contributed by atoms with Crippen molar-refractivity contribution < 1.29 is 23.4 Å². The van der Waals surface area contributed by atoms with Crippen molar-refractivity contribution >= 4 is 16.9 Å². The first-order valence-corrected chi connectivity index (χ1v) is 10.5. The molecule has 0 aliphatic heterocycles. The molecule has 0 fully saturated rings. The van der Waals surface area contributed by atoms with Crippen LogP contribution in [0.25, 0.3) is 11.0 Å². The van der Waals surface area contributed by atoms with Crippen molar-refractivity contribution in [2.24, 2.45) is 0 Å². The average Bonchev–Trinajstić information content (AvgIpc) is 2.73. The molecule has 6 heteroatoms. The number of ether oxygens (including phenoxy) is 3. The molecular weight excluding hydrogens is 420 g/mol. The third-order valence-electron chi connectivity index (χ3n) is 4.92. The Balaban J connectivity index is 1.47. The fraction of sp³-hybridized carbons (Fsp3) is 0.185. The van der Waals surface area contributed by atoms with Crippen LogP contribution in [-0.2, 0) is 4.79 Å². The van der Waals surface area contributed by atoms with Crippen molar-refractivity contribution in [3.8, 4) is 23.0 Å². The molecule has 1 aromatic heterocycles. The smallest absolute Gasteiger partial charge is 0.349 e. The molecule has 4 rings (SSSR count). The Morgan fingerprint density at radius 2 is 1.39 bits per heavy atom. The van der Waals surface area contributed by atoms with E-state index in [0.717, 1.165) is 22.3 Å². The van der Waals surface area contributed by atoms with Crippen LogP contribution in [0.4, 0.5) is 0 Å². The number of rotatable bonds is 6. The van der Waals surface area contributed by atoms with Crippen LogP contribution >= 0.6 is 0 Å². The van der Waals surface area contributed by atoms with E-state index in [-0.39, 0.29) is 29.1 Å². The van der Waals surface area contributed by atoms with Gasteiger partial charge in [-0.15, -0.1) is 0 Å². The van der Waals surface area contributed by atoms with Gasteiger partial charge < -0.3 is 18.6 Å². The predicted octanol–water partition coefficient (Wildman–Crippen LogP) is 5.80. The summed E-state index contributed by atoms with van der Waals surface area (Å²) in [7, 11) is 0. The zero-order valence-corrected chi connectivity index (χ0v) is 18.9. The van der Waals surface area contributed by atoms with Gasteiger partial charge in [-0.2, -0.15) is 0 Å². The van der Waals surface area contributed by atoms with Crippen LogP contribution in [0.3, 0.4) is 0 Å². The molecule has 0 radical (unpaired) electrons. The molecule has 168 valence electrons. The molecule has 0 unspecified atom stereocenters. The van der Waals surface area contributed by atoms with Crippen LogP contribution < -0.4 is 19.6 Å². The van der Waals surface area contributed by atoms with E-state index >= 15 is 0 Å². The summed E-state index contributed by atoms with van der Waals surface area (Å²) in [6, 6.07) is 16.0. The van der Waals surface area contributed by atoms with Gasteiger partial charge in [-0.3, -0.25) is 4.79 Å². The summed E-state index contributed by atoms with van der Waals surface area (Å²) in [5.74, 6) is 0.936. The first-order chi connectivity index (χ1) is 15.8. The zero-order chi connectivity index (χ0) is 23.5. The highest BCUT2D eigenvalue weighted by atomic mass is 16.6. The summed E-state index contributed by atoms with van der Waals surface area (Å²) >= 11 is 0. The first kappa shape index (κ1) is 22.1. The summed E-state index contributed by atoms with van der Waals surface area (Å²) in [6.45, 7) is 7.59. The van der Waals surface area contributed by atoms with E-state index in [2.05, 4.69) is 0 Å². The van der Waals surface area contributed by atoms with Crippen molar-refractivity contribution in [3.05, 3.63) is 93.3 Å². The lowest BCUT2D eigenvalue weighted by Gasteiger charge is -2.09. The van der Waals surface area contributed by atoms with Crippen molar-refractivity contribution in [1.29, 1.82) is 0 Å². The third kappa shape index (κ3) is 5.41. The summed E-state index contributed by atoms with van der Waals surface area (Å²) in [6.07, 6.45) is 1.26. The zero-order valence-electron chi connectivity index (χ0n) is 18.9. The quantitative estimate of drug-likeness (QED) is 0.276. The molecule has 0 aliphatic rings. The van der Waals surface area contributed by atoms with E-state index in [1.807, 2.05) is 64.1 Å². The summed E-state index contributed by atoms with van der Waals surface area (Å²) in [5, 5.41) is 0.322. The van der Waals surface area contributed by atoms with Gasteiger partial charge in [0.2, 0.25) is 11.2 Å². The Hall–Kier alpha value is -4.06. The second kappa shape index (κ2) is 9.20. The van der Waals surface area contributed by atoms with E-state index in [1.54, 1.807) is 6.07 Å². The number of hydrogen-bond acceptors (Lipinski definition) is 6. The molecule has 0 N–H and O–H groups in total. The molecule has 4 aromatic rings. The van der Waals surface area contributed by atoms with E-state index in [4.69, 9.17) is 18.6 Å². The monoisotopic (exact) mass is 444 g/mol. The maximum Gasteiger partial charge on any atom is 0.349 e. The van der Waals surface area contributed by atoms with E-state index in [0.29, 0.717) is 16.9 Å². The molecular formula is C27H24O6. The maximum absolute atomic E-state index is 12.8. The molecule has 1 heterocycles. The number of aryl methyl sites for hydroxylation is 4. The van der Waals surface area contributed by atoms with Crippen LogP contribution in [0.1, 0.15) is 22.3 Å². The highest BCUT2D eigenvalue weighted by Crippen LogP contribution is 2.25.